The predicted octanol–water partition coefficient (Wildman–Crippen LogP) is 7.55. The molecule has 1 aliphatic heterocycles. The van der Waals surface area contributed by atoms with Crippen LogP contribution in [-0.4, -0.2) is 19.2 Å². The van der Waals surface area contributed by atoms with Crippen LogP contribution in [0.3, 0.4) is 0 Å². The Morgan fingerprint density at radius 1 is 1.00 bits per heavy atom. The van der Waals surface area contributed by atoms with Gasteiger partial charge in [-0.05, 0) is 55.3 Å². The van der Waals surface area contributed by atoms with Crippen molar-refractivity contribution in [2.75, 3.05) is 13.2 Å². The van der Waals surface area contributed by atoms with E-state index in [1.807, 2.05) is 13.0 Å². The number of hydrogen-bond acceptors (Lipinski definition) is 5. The number of nitriles is 1. The van der Waals surface area contributed by atoms with E-state index in [9.17, 15) is 9.18 Å². The monoisotopic (exact) mass is 519 g/mol. The first-order valence-corrected chi connectivity index (χ1v) is 13.8. The molecule has 1 heterocycles. The summed E-state index contributed by atoms with van der Waals surface area (Å²) >= 11 is 0. The summed E-state index contributed by atoms with van der Waals surface area (Å²) in [7, 11) is 0. The second-order valence-corrected chi connectivity index (χ2v) is 9.95. The molecular formula is C32H38FNO4. The molecule has 6 heteroatoms. The standard InChI is InChI=1S/C32H38FNO4/c1-3-4-5-6-7-8-9-10-11-12-26-22-36-32(37-23-26)29-20-30(33)27(19-24(29)2)15-18-31(35)38-28-16-13-25(21-34)14-17-28/h13-14,16-17,19-20,26,32H,3-12,22-23H2,1-2H3. The number of hydrogen-bond donors (Lipinski definition) is 0. The van der Waals surface area contributed by atoms with Gasteiger partial charge in [0.1, 0.15) is 11.6 Å². The highest BCUT2D eigenvalue weighted by atomic mass is 19.1. The molecule has 0 aliphatic carbocycles. The summed E-state index contributed by atoms with van der Waals surface area (Å²) in [5.74, 6) is 4.13. The van der Waals surface area contributed by atoms with Crippen molar-refractivity contribution >= 4 is 5.97 Å². The van der Waals surface area contributed by atoms with Crippen molar-refractivity contribution in [3.63, 3.8) is 0 Å². The van der Waals surface area contributed by atoms with Gasteiger partial charge in [0.05, 0.1) is 30.4 Å². The van der Waals surface area contributed by atoms with Crippen LogP contribution >= 0.6 is 0 Å². The third-order valence-corrected chi connectivity index (χ3v) is 6.79. The lowest BCUT2D eigenvalue weighted by atomic mass is 9.99. The van der Waals surface area contributed by atoms with Crippen LogP contribution in [0.25, 0.3) is 0 Å². The number of carbonyl (C=O) groups is 1. The van der Waals surface area contributed by atoms with Crippen molar-refractivity contribution < 1.29 is 23.4 Å². The normalized spacial score (nSPS) is 16.8. The fourth-order valence-corrected chi connectivity index (χ4v) is 4.53. The van der Waals surface area contributed by atoms with Crippen LogP contribution in [0.15, 0.2) is 36.4 Å². The zero-order valence-electron chi connectivity index (χ0n) is 22.6. The van der Waals surface area contributed by atoms with Gasteiger partial charge < -0.3 is 14.2 Å². The number of carbonyl (C=O) groups excluding carboxylic acids is 1. The summed E-state index contributed by atoms with van der Waals surface area (Å²) in [6.45, 7) is 5.30. The first kappa shape index (κ1) is 29.4. The fourth-order valence-electron chi connectivity index (χ4n) is 4.53. The summed E-state index contributed by atoms with van der Waals surface area (Å²) in [5, 5.41) is 8.83. The van der Waals surface area contributed by atoms with Crippen LogP contribution in [0, 0.1) is 41.8 Å². The average Bonchev–Trinajstić information content (AvgIpc) is 2.93. The van der Waals surface area contributed by atoms with Crippen LogP contribution in [-0.2, 0) is 14.3 Å². The van der Waals surface area contributed by atoms with Crippen LogP contribution in [0.2, 0.25) is 0 Å². The minimum Gasteiger partial charge on any atom is -0.417 e. The maximum Gasteiger partial charge on any atom is 0.390 e. The van der Waals surface area contributed by atoms with E-state index >= 15 is 0 Å². The van der Waals surface area contributed by atoms with Crippen LogP contribution in [0.4, 0.5) is 4.39 Å². The lowest BCUT2D eigenvalue weighted by molar-refractivity contribution is -0.206. The van der Waals surface area contributed by atoms with Gasteiger partial charge in [0.2, 0.25) is 0 Å². The molecule has 5 nitrogen and oxygen atoms in total. The molecule has 0 amide bonds. The topological polar surface area (TPSA) is 68.5 Å². The van der Waals surface area contributed by atoms with E-state index in [0.717, 1.165) is 12.0 Å². The first-order chi connectivity index (χ1) is 18.5. The van der Waals surface area contributed by atoms with Gasteiger partial charge in [-0.1, -0.05) is 70.6 Å². The molecule has 202 valence electrons. The number of nitrogens with zero attached hydrogens (tertiary/aromatic N) is 1. The minimum atomic E-state index is -0.812. The van der Waals surface area contributed by atoms with E-state index in [1.54, 1.807) is 6.07 Å². The predicted molar refractivity (Wildman–Crippen MR) is 145 cm³/mol. The second kappa shape index (κ2) is 15.9. The Labute approximate surface area is 226 Å². The maximum absolute atomic E-state index is 14.8. The molecule has 1 saturated heterocycles. The molecule has 0 unspecified atom stereocenters. The molecule has 1 fully saturated rings. The molecule has 0 atom stereocenters. The van der Waals surface area contributed by atoms with Crippen LogP contribution in [0.1, 0.15) is 99.7 Å². The molecular weight excluding hydrogens is 481 g/mol. The maximum atomic E-state index is 14.8. The Hall–Kier alpha value is -3.19. The Morgan fingerprint density at radius 2 is 1.63 bits per heavy atom. The molecule has 0 radical (unpaired) electrons. The van der Waals surface area contributed by atoms with Crippen molar-refractivity contribution in [3.05, 3.63) is 64.5 Å². The van der Waals surface area contributed by atoms with Crippen molar-refractivity contribution in [1.29, 1.82) is 5.26 Å². The smallest absolute Gasteiger partial charge is 0.390 e. The van der Waals surface area contributed by atoms with Gasteiger partial charge in [0, 0.05) is 17.4 Å². The van der Waals surface area contributed by atoms with E-state index in [0.29, 0.717) is 30.3 Å². The molecule has 0 aromatic heterocycles. The van der Waals surface area contributed by atoms with Gasteiger partial charge in [0.15, 0.2) is 6.29 Å². The summed E-state index contributed by atoms with van der Waals surface area (Å²) in [4.78, 5) is 12.0. The second-order valence-electron chi connectivity index (χ2n) is 9.95. The molecule has 3 rings (SSSR count). The Bertz CT molecular complexity index is 1140. The van der Waals surface area contributed by atoms with E-state index in [2.05, 4.69) is 18.8 Å². The zero-order valence-corrected chi connectivity index (χ0v) is 22.6. The molecule has 0 spiro atoms. The Balaban J connectivity index is 1.43. The van der Waals surface area contributed by atoms with Gasteiger partial charge >= 0.3 is 5.97 Å². The first-order valence-electron chi connectivity index (χ1n) is 13.8. The fraction of sp³-hybridized carbons (Fsp3) is 0.500. The summed E-state index contributed by atoms with van der Waals surface area (Å²) < 4.78 is 31.8. The lowest BCUT2D eigenvalue weighted by Gasteiger charge is -2.30. The highest BCUT2D eigenvalue weighted by molar-refractivity contribution is 5.90. The third kappa shape index (κ3) is 9.60. The number of halogens is 1. The van der Waals surface area contributed by atoms with Gasteiger partial charge in [-0.3, -0.25) is 0 Å². The lowest BCUT2D eigenvalue weighted by Crippen LogP contribution is -2.27. The number of esters is 1. The zero-order chi connectivity index (χ0) is 27.2. The number of benzene rings is 2. The average molecular weight is 520 g/mol. The van der Waals surface area contributed by atoms with Crippen molar-refractivity contribution in [2.45, 2.75) is 84.3 Å². The van der Waals surface area contributed by atoms with E-state index in [-0.39, 0.29) is 11.3 Å². The molecule has 0 saturated carbocycles. The SMILES string of the molecule is CCCCCCCCCCCC1COC(c2cc(F)c(C#CC(=O)Oc3ccc(C#N)cc3)cc2C)OC1. The van der Waals surface area contributed by atoms with Crippen molar-refractivity contribution in [3.8, 4) is 23.7 Å². The molecule has 1 aliphatic rings. The van der Waals surface area contributed by atoms with Gasteiger partial charge in [-0.2, -0.15) is 5.26 Å². The van der Waals surface area contributed by atoms with Crippen LogP contribution < -0.4 is 4.74 Å². The largest absolute Gasteiger partial charge is 0.417 e. The third-order valence-electron chi connectivity index (χ3n) is 6.79. The Kier molecular flexibility index (Phi) is 12.3. The van der Waals surface area contributed by atoms with Gasteiger partial charge in [0.25, 0.3) is 0 Å². The molecule has 2 aromatic carbocycles. The van der Waals surface area contributed by atoms with E-state index < -0.39 is 18.1 Å². The number of unbranched alkanes of at least 4 members (excludes halogenated alkanes) is 8. The highest BCUT2D eigenvalue weighted by Crippen LogP contribution is 2.30. The summed E-state index contributed by atoms with van der Waals surface area (Å²) in [6, 6.07) is 11.0. The Morgan fingerprint density at radius 3 is 2.26 bits per heavy atom. The molecule has 2 aromatic rings. The van der Waals surface area contributed by atoms with Gasteiger partial charge in [-0.25, -0.2) is 9.18 Å². The quantitative estimate of drug-likeness (QED) is 0.125. The molecule has 38 heavy (non-hydrogen) atoms. The molecule has 0 bridgehead atoms. The van der Waals surface area contributed by atoms with Crippen molar-refractivity contribution in [1.82, 2.24) is 0 Å². The van der Waals surface area contributed by atoms with E-state index in [1.165, 1.54) is 88.1 Å². The van der Waals surface area contributed by atoms with Crippen molar-refractivity contribution in [2.24, 2.45) is 5.92 Å². The number of rotatable bonds is 12. The number of ether oxygens (including phenoxy) is 3. The highest BCUT2D eigenvalue weighted by Gasteiger charge is 2.25. The number of aryl methyl sites for hydroxylation is 1. The van der Waals surface area contributed by atoms with Crippen LogP contribution in [0.5, 0.6) is 5.75 Å². The minimum absolute atomic E-state index is 0.0991. The summed E-state index contributed by atoms with van der Waals surface area (Å²) in [6.07, 6.45) is 12.3. The molecule has 0 N–H and O–H groups in total. The van der Waals surface area contributed by atoms with E-state index in [4.69, 9.17) is 19.5 Å². The summed E-state index contributed by atoms with van der Waals surface area (Å²) in [5.41, 5.74) is 1.96. The van der Waals surface area contributed by atoms with Gasteiger partial charge in [-0.15, -0.1) is 0 Å².